The zero-order chi connectivity index (χ0) is 15.1. The molecule has 0 radical (unpaired) electrons. The molecule has 1 aromatic carbocycles. The Morgan fingerprint density at radius 2 is 2.10 bits per heavy atom. The predicted molar refractivity (Wildman–Crippen MR) is 80.0 cm³/mol. The second kappa shape index (κ2) is 8.12. The summed E-state index contributed by atoms with van der Waals surface area (Å²) in [5.74, 6) is 0.115. The number of carbonyl (C=O) groups excluding carboxylic acids is 1. The summed E-state index contributed by atoms with van der Waals surface area (Å²) in [5, 5.41) is 0.449. The average molecular weight is 300 g/mol. The van der Waals surface area contributed by atoms with Crippen molar-refractivity contribution in [2.75, 3.05) is 6.61 Å². The smallest absolute Gasteiger partial charge is 0.347 e. The van der Waals surface area contributed by atoms with Crippen LogP contribution in [0.5, 0.6) is 5.75 Å². The van der Waals surface area contributed by atoms with Crippen LogP contribution in [-0.4, -0.2) is 18.7 Å². The first-order chi connectivity index (χ1) is 9.49. The van der Waals surface area contributed by atoms with Crippen molar-refractivity contribution in [1.82, 2.24) is 0 Å². The van der Waals surface area contributed by atoms with Crippen LogP contribution in [-0.2, 0) is 9.53 Å². The molecule has 2 N–H and O–H groups in total. The highest BCUT2D eigenvalue weighted by Crippen LogP contribution is 2.29. The van der Waals surface area contributed by atoms with Gasteiger partial charge in [-0.15, -0.1) is 0 Å². The third-order valence-electron chi connectivity index (χ3n) is 2.85. The van der Waals surface area contributed by atoms with E-state index in [-0.39, 0.29) is 12.0 Å². The highest BCUT2D eigenvalue weighted by molar-refractivity contribution is 6.32. The van der Waals surface area contributed by atoms with Gasteiger partial charge in [0, 0.05) is 6.04 Å². The maximum Gasteiger partial charge on any atom is 0.347 e. The average Bonchev–Trinajstić information content (AvgIpc) is 2.40. The number of esters is 1. The van der Waals surface area contributed by atoms with Gasteiger partial charge in [-0.05, 0) is 38.0 Å². The van der Waals surface area contributed by atoms with Gasteiger partial charge in [-0.25, -0.2) is 4.79 Å². The van der Waals surface area contributed by atoms with E-state index in [1.807, 2.05) is 19.9 Å². The summed E-state index contributed by atoms with van der Waals surface area (Å²) in [6, 6.07) is 5.25. The fraction of sp³-hybridized carbons (Fsp3) is 0.533. The lowest BCUT2D eigenvalue weighted by molar-refractivity contribution is -0.151. The molecule has 112 valence electrons. The van der Waals surface area contributed by atoms with E-state index in [4.69, 9.17) is 26.8 Å². The molecule has 0 fully saturated rings. The number of carbonyl (C=O) groups is 1. The molecule has 20 heavy (non-hydrogen) atoms. The number of hydrogen-bond acceptors (Lipinski definition) is 4. The topological polar surface area (TPSA) is 61.5 Å². The summed E-state index contributed by atoms with van der Waals surface area (Å²) in [6.45, 7) is 5.96. The number of hydrogen-bond donors (Lipinski definition) is 1. The highest BCUT2D eigenvalue weighted by Gasteiger charge is 2.22. The number of nitrogens with two attached hydrogens (primary N) is 1. The Hall–Kier alpha value is -1.26. The normalized spacial score (nSPS) is 13.7. The molecule has 0 spiro atoms. The maximum absolute atomic E-state index is 11.8. The summed E-state index contributed by atoms with van der Waals surface area (Å²) >= 11 is 6.17. The molecule has 1 unspecified atom stereocenters. The van der Waals surface area contributed by atoms with Crippen LogP contribution in [0.2, 0.25) is 5.02 Å². The monoisotopic (exact) mass is 299 g/mol. The van der Waals surface area contributed by atoms with Gasteiger partial charge in [0.2, 0.25) is 0 Å². The van der Waals surface area contributed by atoms with Crippen LogP contribution in [0.1, 0.15) is 45.2 Å². The lowest BCUT2D eigenvalue weighted by Gasteiger charge is -2.18. The molecule has 0 saturated carbocycles. The maximum atomic E-state index is 11.8. The van der Waals surface area contributed by atoms with Gasteiger partial charge in [-0.2, -0.15) is 0 Å². The second-order valence-electron chi connectivity index (χ2n) is 4.63. The molecule has 0 heterocycles. The zero-order valence-corrected chi connectivity index (χ0v) is 12.9. The second-order valence-corrected chi connectivity index (χ2v) is 5.03. The lowest BCUT2D eigenvalue weighted by atomic mass is 10.1. The molecule has 0 aliphatic heterocycles. The number of halogens is 1. The zero-order valence-electron chi connectivity index (χ0n) is 12.2. The predicted octanol–water partition coefficient (Wildman–Crippen LogP) is 3.47. The van der Waals surface area contributed by atoms with E-state index in [0.717, 1.165) is 12.0 Å². The fourth-order valence-electron chi connectivity index (χ4n) is 1.77. The molecule has 0 aliphatic carbocycles. The Labute approximate surface area is 125 Å². The molecule has 0 aromatic heterocycles. The van der Waals surface area contributed by atoms with Crippen molar-refractivity contribution >= 4 is 17.6 Å². The van der Waals surface area contributed by atoms with E-state index in [2.05, 4.69) is 0 Å². The van der Waals surface area contributed by atoms with Crippen molar-refractivity contribution in [3.05, 3.63) is 28.8 Å². The largest absolute Gasteiger partial charge is 0.477 e. The summed E-state index contributed by atoms with van der Waals surface area (Å²) in [6.07, 6.45) is 0.780. The Morgan fingerprint density at radius 3 is 2.60 bits per heavy atom. The van der Waals surface area contributed by atoms with E-state index in [0.29, 0.717) is 23.8 Å². The van der Waals surface area contributed by atoms with E-state index < -0.39 is 6.10 Å². The summed E-state index contributed by atoms with van der Waals surface area (Å²) in [5.41, 5.74) is 6.72. The Bertz CT molecular complexity index is 449. The SMILES string of the molecule is CCCC(Oc1ccc([C@H](C)N)cc1Cl)C(=O)OCC. The fourth-order valence-corrected chi connectivity index (χ4v) is 2.00. The quantitative estimate of drug-likeness (QED) is 0.783. The molecule has 0 bridgehead atoms. The van der Waals surface area contributed by atoms with Crippen molar-refractivity contribution in [2.45, 2.75) is 45.8 Å². The Balaban J connectivity index is 2.85. The van der Waals surface area contributed by atoms with Crippen molar-refractivity contribution in [3.63, 3.8) is 0 Å². The van der Waals surface area contributed by atoms with E-state index in [9.17, 15) is 4.79 Å². The molecular weight excluding hydrogens is 278 g/mol. The molecule has 0 aliphatic rings. The summed E-state index contributed by atoms with van der Waals surface area (Å²) < 4.78 is 10.7. The van der Waals surface area contributed by atoms with Gasteiger partial charge in [-0.1, -0.05) is 31.0 Å². The van der Waals surface area contributed by atoms with E-state index in [1.54, 1.807) is 19.1 Å². The van der Waals surface area contributed by atoms with Crippen LogP contribution in [0.25, 0.3) is 0 Å². The van der Waals surface area contributed by atoms with Gasteiger partial charge in [0.25, 0.3) is 0 Å². The molecular formula is C15H22ClNO3. The molecule has 1 rings (SSSR count). The number of benzene rings is 1. The first kappa shape index (κ1) is 16.8. The lowest BCUT2D eigenvalue weighted by Crippen LogP contribution is -2.29. The van der Waals surface area contributed by atoms with Gasteiger partial charge >= 0.3 is 5.97 Å². The standard InChI is InChI=1S/C15H22ClNO3/c1-4-6-14(15(18)19-5-2)20-13-8-7-11(10(3)17)9-12(13)16/h7-10,14H,4-6,17H2,1-3H3/t10-,14?/m0/s1. The molecule has 2 atom stereocenters. The van der Waals surface area contributed by atoms with Crippen LogP contribution in [0.15, 0.2) is 18.2 Å². The minimum Gasteiger partial charge on any atom is -0.477 e. The van der Waals surface area contributed by atoms with E-state index >= 15 is 0 Å². The Kier molecular flexibility index (Phi) is 6.82. The van der Waals surface area contributed by atoms with Crippen molar-refractivity contribution in [1.29, 1.82) is 0 Å². The van der Waals surface area contributed by atoms with Crippen LogP contribution >= 0.6 is 11.6 Å². The minimum absolute atomic E-state index is 0.0990. The Morgan fingerprint density at radius 1 is 1.40 bits per heavy atom. The molecule has 1 aromatic rings. The van der Waals surface area contributed by atoms with Gasteiger partial charge in [-0.3, -0.25) is 0 Å². The van der Waals surface area contributed by atoms with Crippen molar-refractivity contribution < 1.29 is 14.3 Å². The molecule has 0 amide bonds. The first-order valence-electron chi connectivity index (χ1n) is 6.87. The van der Waals surface area contributed by atoms with Crippen LogP contribution in [0.3, 0.4) is 0 Å². The summed E-state index contributed by atoms with van der Waals surface area (Å²) in [7, 11) is 0. The van der Waals surface area contributed by atoms with E-state index in [1.165, 1.54) is 0 Å². The molecule has 0 saturated heterocycles. The van der Waals surface area contributed by atoms with Crippen LogP contribution in [0, 0.1) is 0 Å². The first-order valence-corrected chi connectivity index (χ1v) is 7.25. The number of ether oxygens (including phenoxy) is 2. The van der Waals surface area contributed by atoms with Gasteiger partial charge in [0.1, 0.15) is 5.75 Å². The van der Waals surface area contributed by atoms with Crippen molar-refractivity contribution in [3.8, 4) is 5.75 Å². The third kappa shape index (κ3) is 4.69. The van der Waals surface area contributed by atoms with Crippen LogP contribution in [0.4, 0.5) is 0 Å². The van der Waals surface area contributed by atoms with Crippen LogP contribution < -0.4 is 10.5 Å². The third-order valence-corrected chi connectivity index (χ3v) is 3.15. The van der Waals surface area contributed by atoms with Gasteiger partial charge in [0.05, 0.1) is 11.6 Å². The molecule has 4 nitrogen and oxygen atoms in total. The van der Waals surface area contributed by atoms with Gasteiger partial charge < -0.3 is 15.2 Å². The highest BCUT2D eigenvalue weighted by atomic mass is 35.5. The van der Waals surface area contributed by atoms with Crippen molar-refractivity contribution in [2.24, 2.45) is 5.73 Å². The minimum atomic E-state index is -0.626. The number of rotatable bonds is 7. The summed E-state index contributed by atoms with van der Waals surface area (Å²) in [4.78, 5) is 11.8. The molecule has 5 heteroatoms. The van der Waals surface area contributed by atoms with Gasteiger partial charge in [0.15, 0.2) is 6.10 Å².